The predicted octanol–water partition coefficient (Wildman–Crippen LogP) is 1.98. The van der Waals surface area contributed by atoms with E-state index in [1.54, 1.807) is 6.07 Å². The summed E-state index contributed by atoms with van der Waals surface area (Å²) in [6, 6.07) is 13.7. The summed E-state index contributed by atoms with van der Waals surface area (Å²) >= 11 is 0. The second-order valence-corrected chi connectivity index (χ2v) is 6.86. The zero-order chi connectivity index (χ0) is 18.0. The van der Waals surface area contributed by atoms with E-state index in [1.165, 1.54) is 19.2 Å². The Morgan fingerprint density at radius 1 is 1.12 bits per heavy atom. The lowest BCUT2D eigenvalue weighted by Crippen LogP contribution is -2.18. The molecule has 0 bridgehead atoms. The maximum absolute atomic E-state index is 12.5. The van der Waals surface area contributed by atoms with Crippen molar-refractivity contribution in [2.24, 2.45) is 7.05 Å². The lowest BCUT2D eigenvalue weighted by molar-refractivity contribution is 0.0698. The second kappa shape index (κ2) is 6.36. The molecule has 2 N–H and O–H groups in total. The molecule has 0 unspecified atom stereocenters. The molecular weight excluding hydrogens is 344 g/mol. The molecule has 0 radical (unpaired) electrons. The van der Waals surface area contributed by atoms with Crippen molar-refractivity contribution >= 4 is 21.7 Å². The van der Waals surface area contributed by atoms with Gasteiger partial charge >= 0.3 is 5.97 Å². The van der Waals surface area contributed by atoms with Crippen LogP contribution < -0.4 is 4.72 Å². The lowest BCUT2D eigenvalue weighted by atomic mass is 10.0. The van der Waals surface area contributed by atoms with Crippen LogP contribution in [-0.2, 0) is 17.1 Å². The molecule has 3 rings (SSSR count). The molecule has 0 saturated carbocycles. The number of rotatable bonds is 5. The van der Waals surface area contributed by atoms with Crippen molar-refractivity contribution in [2.75, 3.05) is 4.72 Å². The summed E-state index contributed by atoms with van der Waals surface area (Å²) in [5.41, 5.74) is 1.34. The van der Waals surface area contributed by atoms with Crippen LogP contribution in [0.15, 0.2) is 59.8 Å². The minimum absolute atomic E-state index is 0.0324. The molecule has 128 valence electrons. The van der Waals surface area contributed by atoms with Gasteiger partial charge in [-0.15, -0.1) is 5.10 Å². The van der Waals surface area contributed by atoms with Gasteiger partial charge in [-0.3, -0.25) is 4.72 Å². The van der Waals surface area contributed by atoms with E-state index < -0.39 is 16.0 Å². The number of nitrogens with zero attached hydrogens (tertiary/aromatic N) is 3. The minimum atomic E-state index is -4.03. The molecule has 0 spiro atoms. The topological polar surface area (TPSA) is 114 Å². The molecule has 0 atom stereocenters. The van der Waals surface area contributed by atoms with E-state index in [-0.39, 0.29) is 16.3 Å². The number of aromatic carboxylic acids is 1. The molecular formula is C16H14N4O4S. The molecule has 0 saturated heterocycles. The monoisotopic (exact) mass is 358 g/mol. The van der Waals surface area contributed by atoms with Gasteiger partial charge in [-0.05, 0) is 23.3 Å². The van der Waals surface area contributed by atoms with Gasteiger partial charge in [0.1, 0.15) is 0 Å². The summed E-state index contributed by atoms with van der Waals surface area (Å²) in [4.78, 5) is 11.4. The van der Waals surface area contributed by atoms with Crippen LogP contribution in [0.4, 0.5) is 5.69 Å². The Kier molecular flexibility index (Phi) is 4.24. The average Bonchev–Trinajstić information content (AvgIpc) is 3.02. The molecule has 0 amide bonds. The van der Waals surface area contributed by atoms with Gasteiger partial charge in [0, 0.05) is 7.05 Å². The maximum Gasteiger partial charge on any atom is 0.337 e. The Labute approximate surface area is 143 Å². The first-order valence-corrected chi connectivity index (χ1v) is 8.67. The van der Waals surface area contributed by atoms with E-state index >= 15 is 0 Å². The van der Waals surface area contributed by atoms with Crippen molar-refractivity contribution in [1.29, 1.82) is 0 Å². The summed E-state index contributed by atoms with van der Waals surface area (Å²) < 4.78 is 28.4. The highest BCUT2D eigenvalue weighted by Gasteiger charge is 2.22. The maximum atomic E-state index is 12.5. The Hall–Kier alpha value is -3.20. The average molecular weight is 358 g/mol. The number of sulfonamides is 1. The first-order chi connectivity index (χ1) is 11.9. The quantitative estimate of drug-likeness (QED) is 0.721. The van der Waals surface area contributed by atoms with Crippen molar-refractivity contribution in [3.05, 3.63) is 60.3 Å². The third-order valence-corrected chi connectivity index (χ3v) is 4.96. The van der Waals surface area contributed by atoms with Crippen molar-refractivity contribution in [3.63, 3.8) is 0 Å². The highest BCUT2D eigenvalue weighted by Crippen LogP contribution is 2.27. The van der Waals surface area contributed by atoms with E-state index in [0.717, 1.165) is 16.4 Å². The Balaban J connectivity index is 2.07. The van der Waals surface area contributed by atoms with E-state index in [0.29, 0.717) is 5.56 Å². The summed E-state index contributed by atoms with van der Waals surface area (Å²) in [7, 11) is -2.60. The highest BCUT2D eigenvalue weighted by molar-refractivity contribution is 7.92. The van der Waals surface area contributed by atoms with Crippen molar-refractivity contribution in [3.8, 4) is 11.1 Å². The van der Waals surface area contributed by atoms with Crippen molar-refractivity contribution < 1.29 is 18.3 Å². The van der Waals surface area contributed by atoms with Crippen molar-refractivity contribution in [1.82, 2.24) is 15.0 Å². The third kappa shape index (κ3) is 3.36. The highest BCUT2D eigenvalue weighted by atomic mass is 32.2. The fourth-order valence-corrected chi connectivity index (χ4v) is 3.48. The summed E-state index contributed by atoms with van der Waals surface area (Å²) in [6.07, 6.45) is 1.09. The summed E-state index contributed by atoms with van der Waals surface area (Å²) in [5, 5.41) is 16.3. The first kappa shape index (κ1) is 16.7. The lowest BCUT2D eigenvalue weighted by Gasteiger charge is -2.12. The van der Waals surface area contributed by atoms with Crippen LogP contribution in [0.3, 0.4) is 0 Å². The number of anilines is 1. The van der Waals surface area contributed by atoms with E-state index in [9.17, 15) is 18.3 Å². The fraction of sp³-hybridized carbons (Fsp3) is 0.0625. The largest absolute Gasteiger partial charge is 0.478 e. The van der Waals surface area contributed by atoms with Crippen molar-refractivity contribution in [2.45, 2.75) is 5.03 Å². The SMILES string of the molecule is Cn1nncc1S(=O)(=O)Nc1cc(-c2ccccc2)ccc1C(=O)O. The molecule has 1 heterocycles. The minimum Gasteiger partial charge on any atom is -0.478 e. The molecule has 0 aliphatic carbocycles. The predicted molar refractivity (Wildman–Crippen MR) is 90.6 cm³/mol. The van der Waals surface area contributed by atoms with E-state index in [2.05, 4.69) is 15.0 Å². The Morgan fingerprint density at radius 2 is 1.84 bits per heavy atom. The number of carbonyl (C=O) groups is 1. The molecule has 1 aromatic heterocycles. The van der Waals surface area contributed by atoms with Gasteiger partial charge in [0.25, 0.3) is 10.0 Å². The number of aryl methyl sites for hydroxylation is 1. The molecule has 0 fully saturated rings. The van der Waals surface area contributed by atoms with Crippen LogP contribution in [0.5, 0.6) is 0 Å². The second-order valence-electron chi connectivity index (χ2n) is 5.23. The zero-order valence-electron chi connectivity index (χ0n) is 13.1. The number of aromatic nitrogens is 3. The van der Waals surface area contributed by atoms with Gasteiger partial charge in [0.05, 0.1) is 17.4 Å². The zero-order valence-corrected chi connectivity index (χ0v) is 13.9. The molecule has 0 aliphatic rings. The molecule has 8 nitrogen and oxygen atoms in total. The number of nitrogens with one attached hydrogen (secondary N) is 1. The first-order valence-electron chi connectivity index (χ1n) is 7.19. The number of benzene rings is 2. The normalized spacial score (nSPS) is 11.2. The fourth-order valence-electron chi connectivity index (χ4n) is 2.35. The number of hydrogen-bond donors (Lipinski definition) is 2. The van der Waals surface area contributed by atoms with Crippen LogP contribution in [0, 0.1) is 0 Å². The van der Waals surface area contributed by atoms with Crippen LogP contribution in [0.25, 0.3) is 11.1 Å². The van der Waals surface area contributed by atoms with Crippen LogP contribution in [0.1, 0.15) is 10.4 Å². The van der Waals surface area contributed by atoms with E-state index in [1.807, 2.05) is 30.3 Å². The molecule has 25 heavy (non-hydrogen) atoms. The van der Waals surface area contributed by atoms with Gasteiger partial charge in [-0.1, -0.05) is 41.6 Å². The number of carboxylic acids is 1. The molecule has 2 aromatic carbocycles. The van der Waals surface area contributed by atoms with Gasteiger partial charge in [-0.25, -0.2) is 9.48 Å². The third-order valence-electron chi connectivity index (χ3n) is 3.55. The number of carboxylic acid groups (broad SMARTS) is 1. The van der Waals surface area contributed by atoms with Crippen LogP contribution in [0.2, 0.25) is 0 Å². The molecule has 0 aliphatic heterocycles. The molecule has 9 heteroatoms. The summed E-state index contributed by atoms with van der Waals surface area (Å²) in [6.45, 7) is 0. The Bertz CT molecular complexity index is 1030. The van der Waals surface area contributed by atoms with Gasteiger partial charge in [0.15, 0.2) is 5.03 Å². The molecule has 3 aromatic rings. The van der Waals surface area contributed by atoms with Crippen LogP contribution in [-0.4, -0.2) is 34.5 Å². The van der Waals surface area contributed by atoms with Gasteiger partial charge < -0.3 is 5.11 Å². The Morgan fingerprint density at radius 3 is 2.44 bits per heavy atom. The smallest absolute Gasteiger partial charge is 0.337 e. The van der Waals surface area contributed by atoms with Gasteiger partial charge in [0.2, 0.25) is 0 Å². The van der Waals surface area contributed by atoms with Gasteiger partial charge in [-0.2, -0.15) is 8.42 Å². The summed E-state index contributed by atoms with van der Waals surface area (Å²) in [5.74, 6) is -1.24. The van der Waals surface area contributed by atoms with E-state index in [4.69, 9.17) is 0 Å². The number of hydrogen-bond acceptors (Lipinski definition) is 5. The van der Waals surface area contributed by atoms with Crippen LogP contribution >= 0.6 is 0 Å². The standard InChI is InChI=1S/C16H14N4O4S/c1-20-15(10-17-19-20)25(23,24)18-14-9-12(7-8-13(14)16(21)22)11-5-3-2-4-6-11/h2-10,18H,1H3,(H,21,22).